The summed E-state index contributed by atoms with van der Waals surface area (Å²) in [6.07, 6.45) is 0. The minimum absolute atomic E-state index is 0.127. The Hall–Kier alpha value is -6.57. The summed E-state index contributed by atoms with van der Waals surface area (Å²) in [5.74, 6) is 2.37. The maximum Gasteiger partial charge on any atom is 0.164 e. The quantitative estimate of drug-likeness (QED) is 0.191. The van der Waals surface area contributed by atoms with Crippen molar-refractivity contribution in [3.63, 3.8) is 0 Å². The fourth-order valence-corrected chi connectivity index (χ4v) is 7.44. The van der Waals surface area contributed by atoms with Crippen LogP contribution in [0.2, 0.25) is 0 Å². The van der Waals surface area contributed by atoms with E-state index < -0.39 is 0 Å². The number of hydrogen-bond acceptors (Lipinski definition) is 7. The summed E-state index contributed by atoms with van der Waals surface area (Å²) in [6.45, 7) is 0. The van der Waals surface area contributed by atoms with E-state index in [2.05, 4.69) is 30.3 Å². The Morgan fingerprint density at radius 3 is 1.60 bits per heavy atom. The van der Waals surface area contributed by atoms with Gasteiger partial charge >= 0.3 is 0 Å². The molecular weight excluding hydrogens is 635 g/mol. The lowest BCUT2D eigenvalue weighted by atomic mass is 9.95. The smallest absolute Gasteiger partial charge is 0.164 e. The highest BCUT2D eigenvalue weighted by Crippen LogP contribution is 2.43. The third kappa shape index (κ3) is 5.36. The van der Waals surface area contributed by atoms with Crippen LogP contribution in [0.25, 0.3) is 88.2 Å². The Morgan fingerprint density at radius 2 is 0.940 bits per heavy atom. The fraction of sp³-hybridized carbons (Fsp3) is 0. The average molecular weight is 662 g/mol. The average Bonchev–Trinajstić information content (AvgIpc) is 3.57. The van der Waals surface area contributed by atoms with E-state index in [0.717, 1.165) is 53.8 Å². The minimum Gasteiger partial charge on any atom is -0.507 e. The fourth-order valence-electron chi connectivity index (χ4n) is 6.28. The molecule has 0 aliphatic carbocycles. The number of aromatic hydroxyl groups is 1. The van der Waals surface area contributed by atoms with Crippen LogP contribution in [0.5, 0.6) is 5.75 Å². The highest BCUT2D eigenvalue weighted by Gasteiger charge is 2.20. The molecule has 0 atom stereocenters. The van der Waals surface area contributed by atoms with Gasteiger partial charge in [0.1, 0.15) is 5.75 Å². The topological polar surface area (TPSA) is 84.7 Å². The van der Waals surface area contributed by atoms with Crippen LogP contribution in [0, 0.1) is 0 Å². The Balaban J connectivity index is 1.24. The van der Waals surface area contributed by atoms with Gasteiger partial charge in [-0.3, -0.25) is 0 Å². The molecule has 236 valence electrons. The lowest BCUT2D eigenvalue weighted by Gasteiger charge is -2.14. The molecule has 0 amide bonds. The molecule has 3 heterocycles. The van der Waals surface area contributed by atoms with Crippen LogP contribution in [0.15, 0.2) is 158 Å². The standard InChI is InChI=1S/C43H27N5OS/c49-34-24-13-23-33(43-47-41(28-16-6-2-7-17-28)46-42(48-43)29-18-8-3-9-19-29)36(34)30-20-12-21-31(26-30)37-39-38(32-22-10-11-25-35(32)50-39)45-40(44-37)27-14-4-1-5-15-27/h1-26,49H. The molecule has 0 saturated heterocycles. The van der Waals surface area contributed by atoms with Gasteiger partial charge in [0.15, 0.2) is 23.3 Å². The number of aromatic nitrogens is 5. The van der Waals surface area contributed by atoms with Crippen LogP contribution in [0.4, 0.5) is 0 Å². The summed E-state index contributed by atoms with van der Waals surface area (Å²) in [7, 11) is 0. The van der Waals surface area contributed by atoms with Crippen molar-refractivity contribution in [2.75, 3.05) is 0 Å². The van der Waals surface area contributed by atoms with Crippen molar-refractivity contribution >= 4 is 31.6 Å². The second kappa shape index (κ2) is 12.5. The third-order valence-corrected chi connectivity index (χ3v) is 9.83. The van der Waals surface area contributed by atoms with Gasteiger partial charge in [0, 0.05) is 43.5 Å². The van der Waals surface area contributed by atoms with Gasteiger partial charge in [0.2, 0.25) is 0 Å². The summed E-state index contributed by atoms with van der Waals surface area (Å²) in [5.41, 5.74) is 7.52. The molecule has 0 radical (unpaired) electrons. The molecule has 0 unspecified atom stereocenters. The minimum atomic E-state index is 0.127. The first-order chi connectivity index (χ1) is 24.7. The van der Waals surface area contributed by atoms with Crippen molar-refractivity contribution in [2.45, 2.75) is 0 Å². The van der Waals surface area contributed by atoms with Gasteiger partial charge in [0.05, 0.1) is 15.9 Å². The predicted octanol–water partition coefficient (Wildman–Crippen LogP) is 10.7. The SMILES string of the molecule is Oc1cccc(-c2nc(-c3ccccc3)nc(-c3ccccc3)n2)c1-c1cccc(-c2nc(-c3ccccc3)nc3c2sc2ccccc23)c1. The molecule has 0 spiro atoms. The first kappa shape index (κ1) is 29.6. The van der Waals surface area contributed by atoms with Crippen LogP contribution in [-0.2, 0) is 0 Å². The molecule has 6 nitrogen and oxygen atoms in total. The second-order valence-corrected chi connectivity index (χ2v) is 12.9. The van der Waals surface area contributed by atoms with E-state index in [1.54, 1.807) is 17.4 Å². The number of phenolic OH excluding ortho intramolecular Hbond substituents is 1. The molecule has 50 heavy (non-hydrogen) atoms. The summed E-state index contributed by atoms with van der Waals surface area (Å²) in [6, 6.07) is 51.8. The van der Waals surface area contributed by atoms with Crippen LogP contribution >= 0.6 is 11.3 Å². The van der Waals surface area contributed by atoms with Crippen molar-refractivity contribution in [3.8, 4) is 73.7 Å². The van der Waals surface area contributed by atoms with E-state index in [1.165, 1.54) is 0 Å². The normalized spacial score (nSPS) is 11.3. The van der Waals surface area contributed by atoms with Gasteiger partial charge in [-0.15, -0.1) is 11.3 Å². The predicted molar refractivity (Wildman–Crippen MR) is 203 cm³/mol. The third-order valence-electron chi connectivity index (χ3n) is 8.66. The van der Waals surface area contributed by atoms with Crippen LogP contribution < -0.4 is 0 Å². The first-order valence-electron chi connectivity index (χ1n) is 16.2. The van der Waals surface area contributed by atoms with Gasteiger partial charge in [0.25, 0.3) is 0 Å². The molecule has 3 aromatic heterocycles. The zero-order valence-electron chi connectivity index (χ0n) is 26.6. The summed E-state index contributed by atoms with van der Waals surface area (Å²) in [4.78, 5) is 25.0. The highest BCUT2D eigenvalue weighted by molar-refractivity contribution is 7.26. The lowest BCUT2D eigenvalue weighted by Crippen LogP contribution is -2.01. The zero-order valence-corrected chi connectivity index (χ0v) is 27.4. The van der Waals surface area contributed by atoms with E-state index in [9.17, 15) is 5.11 Å². The van der Waals surface area contributed by atoms with Gasteiger partial charge in [-0.2, -0.15) is 0 Å². The number of rotatable bonds is 6. The Labute approximate surface area is 292 Å². The Morgan fingerprint density at radius 1 is 0.420 bits per heavy atom. The zero-order chi connectivity index (χ0) is 33.4. The molecule has 7 heteroatoms. The molecule has 0 fully saturated rings. The summed E-state index contributed by atoms with van der Waals surface area (Å²) in [5, 5.41) is 12.6. The van der Waals surface area contributed by atoms with Crippen LogP contribution in [0.3, 0.4) is 0 Å². The van der Waals surface area contributed by atoms with E-state index >= 15 is 0 Å². The molecule has 1 N–H and O–H groups in total. The number of hydrogen-bond donors (Lipinski definition) is 1. The monoisotopic (exact) mass is 661 g/mol. The Kier molecular flexibility index (Phi) is 7.37. The molecule has 9 rings (SSSR count). The van der Waals surface area contributed by atoms with Crippen molar-refractivity contribution in [3.05, 3.63) is 158 Å². The van der Waals surface area contributed by atoms with E-state index in [1.807, 2.05) is 121 Å². The summed E-state index contributed by atoms with van der Waals surface area (Å²) < 4.78 is 2.17. The molecule has 0 aliphatic heterocycles. The van der Waals surface area contributed by atoms with Gasteiger partial charge in [-0.1, -0.05) is 140 Å². The van der Waals surface area contributed by atoms with Crippen molar-refractivity contribution in [1.82, 2.24) is 24.9 Å². The molecule has 9 aromatic rings. The number of benzene rings is 6. The molecular formula is C43H27N5OS. The molecule has 0 aliphatic rings. The van der Waals surface area contributed by atoms with E-state index in [0.29, 0.717) is 34.4 Å². The van der Waals surface area contributed by atoms with E-state index in [4.69, 9.17) is 24.9 Å². The molecule has 0 bridgehead atoms. The number of phenols is 1. The van der Waals surface area contributed by atoms with Crippen LogP contribution in [0.1, 0.15) is 0 Å². The number of thiophene rings is 1. The molecule has 6 aromatic carbocycles. The largest absolute Gasteiger partial charge is 0.507 e. The maximum atomic E-state index is 11.5. The van der Waals surface area contributed by atoms with Crippen molar-refractivity contribution in [2.24, 2.45) is 0 Å². The molecule has 0 saturated carbocycles. The summed E-state index contributed by atoms with van der Waals surface area (Å²) >= 11 is 1.69. The van der Waals surface area contributed by atoms with Crippen molar-refractivity contribution in [1.29, 1.82) is 0 Å². The van der Waals surface area contributed by atoms with Gasteiger partial charge < -0.3 is 5.11 Å². The van der Waals surface area contributed by atoms with Gasteiger partial charge in [-0.05, 0) is 23.8 Å². The first-order valence-corrected chi connectivity index (χ1v) is 17.1. The highest BCUT2D eigenvalue weighted by atomic mass is 32.1. The Bertz CT molecular complexity index is 2600. The number of fused-ring (bicyclic) bond motifs is 3. The lowest BCUT2D eigenvalue weighted by molar-refractivity contribution is 0.477. The van der Waals surface area contributed by atoms with Gasteiger partial charge in [-0.25, -0.2) is 24.9 Å². The van der Waals surface area contributed by atoms with E-state index in [-0.39, 0.29) is 5.75 Å². The van der Waals surface area contributed by atoms with Crippen LogP contribution in [-0.4, -0.2) is 30.0 Å². The number of nitrogens with zero attached hydrogens (tertiary/aromatic N) is 5. The van der Waals surface area contributed by atoms with Crippen molar-refractivity contribution < 1.29 is 5.11 Å². The second-order valence-electron chi connectivity index (χ2n) is 11.9. The maximum absolute atomic E-state index is 11.5.